The van der Waals surface area contributed by atoms with Crippen molar-refractivity contribution in [1.82, 2.24) is 14.1 Å². The summed E-state index contributed by atoms with van der Waals surface area (Å²) in [7, 11) is -1.80. The second kappa shape index (κ2) is 12.6. The molecule has 1 fully saturated rings. The van der Waals surface area contributed by atoms with Crippen LogP contribution in [-0.4, -0.2) is 80.0 Å². The minimum Gasteiger partial charge on any atom is -0.497 e. The topological polar surface area (TPSA) is 91.8 Å². The lowest BCUT2D eigenvalue weighted by Gasteiger charge is -2.40. The van der Waals surface area contributed by atoms with Gasteiger partial charge < -0.3 is 14.4 Å². The molecule has 0 saturated carbocycles. The number of carbonyl (C=O) groups excluding carboxylic acids is 1. The number of sulfonamides is 1. The predicted octanol–water partition coefficient (Wildman–Crippen LogP) is 6.21. The van der Waals surface area contributed by atoms with Gasteiger partial charge in [0, 0.05) is 42.3 Å². The van der Waals surface area contributed by atoms with E-state index in [1.54, 1.807) is 35.1 Å². The van der Waals surface area contributed by atoms with Crippen LogP contribution in [0.1, 0.15) is 43.5 Å². The van der Waals surface area contributed by atoms with Crippen molar-refractivity contribution in [2.75, 3.05) is 39.5 Å². The molecular weight excluding hydrogens is 623 g/mol. The van der Waals surface area contributed by atoms with Crippen LogP contribution in [0.15, 0.2) is 71.7 Å². The van der Waals surface area contributed by atoms with E-state index in [-0.39, 0.29) is 38.3 Å². The summed E-state index contributed by atoms with van der Waals surface area (Å²) in [6.45, 7) is 6.73. The maximum absolute atomic E-state index is 14.7. The zero-order valence-corrected chi connectivity index (χ0v) is 27.7. The largest absolute Gasteiger partial charge is 0.497 e. The first-order chi connectivity index (χ1) is 20.8. The average molecular weight is 660 g/mol. The summed E-state index contributed by atoms with van der Waals surface area (Å²) in [6.07, 6.45) is 1.02. The molecule has 2 heterocycles. The van der Waals surface area contributed by atoms with E-state index in [1.807, 2.05) is 69.3 Å². The van der Waals surface area contributed by atoms with Crippen molar-refractivity contribution >= 4 is 45.1 Å². The number of urea groups is 1. The van der Waals surface area contributed by atoms with Gasteiger partial charge in [-0.25, -0.2) is 13.2 Å². The Hall–Kier alpha value is -3.31. The Bertz CT molecular complexity index is 1660. The van der Waals surface area contributed by atoms with Gasteiger partial charge in [0.2, 0.25) is 10.0 Å². The zero-order valence-electron chi connectivity index (χ0n) is 25.3. The van der Waals surface area contributed by atoms with Crippen LogP contribution in [0.25, 0.3) is 0 Å². The second-order valence-corrected chi connectivity index (χ2v) is 14.2. The van der Waals surface area contributed by atoms with Crippen LogP contribution in [0.5, 0.6) is 11.5 Å². The molecule has 3 aromatic rings. The Labute approximate surface area is 269 Å². The number of aliphatic imine (C=N–C) groups is 1. The minimum absolute atomic E-state index is 0.161. The van der Waals surface area contributed by atoms with Crippen molar-refractivity contribution < 1.29 is 22.7 Å². The van der Waals surface area contributed by atoms with Crippen molar-refractivity contribution in [2.45, 2.75) is 38.5 Å². The van der Waals surface area contributed by atoms with Gasteiger partial charge in [-0.2, -0.15) is 4.31 Å². The molecule has 0 aromatic heterocycles. The van der Waals surface area contributed by atoms with Gasteiger partial charge in [-0.15, -0.1) is 0 Å². The molecule has 3 aromatic carbocycles. The maximum Gasteiger partial charge on any atom is 0.326 e. The highest BCUT2D eigenvalue weighted by molar-refractivity contribution is 7.88. The number of halogens is 2. The van der Waals surface area contributed by atoms with Gasteiger partial charge in [0.05, 0.1) is 31.1 Å². The molecule has 12 heteroatoms. The molecule has 2 aliphatic rings. The second-order valence-electron chi connectivity index (χ2n) is 11.4. The molecule has 1 saturated heterocycles. The summed E-state index contributed by atoms with van der Waals surface area (Å²) >= 11 is 12.6. The van der Waals surface area contributed by atoms with E-state index < -0.39 is 21.6 Å². The summed E-state index contributed by atoms with van der Waals surface area (Å²) in [5, 5.41) is 1.15. The number of benzene rings is 3. The van der Waals surface area contributed by atoms with E-state index in [0.717, 1.165) is 11.1 Å². The summed E-state index contributed by atoms with van der Waals surface area (Å²) in [4.78, 5) is 23.4. The van der Waals surface area contributed by atoms with Crippen LogP contribution >= 0.6 is 23.2 Å². The first kappa shape index (κ1) is 32.1. The quantitative estimate of drug-likeness (QED) is 0.301. The molecule has 2 atom stereocenters. The normalized spacial score (nSPS) is 21.0. The molecule has 44 heavy (non-hydrogen) atoms. The highest BCUT2D eigenvalue weighted by Gasteiger charge is 2.52. The van der Waals surface area contributed by atoms with E-state index in [0.29, 0.717) is 32.9 Å². The predicted molar refractivity (Wildman–Crippen MR) is 174 cm³/mol. The van der Waals surface area contributed by atoms with E-state index in [9.17, 15) is 13.2 Å². The van der Waals surface area contributed by atoms with Gasteiger partial charge in [0.15, 0.2) is 0 Å². The number of hydrogen-bond acceptors (Lipinski definition) is 6. The van der Waals surface area contributed by atoms with Crippen LogP contribution in [0.3, 0.4) is 0 Å². The monoisotopic (exact) mass is 658 g/mol. The minimum atomic E-state index is -3.38. The third kappa shape index (κ3) is 6.40. The van der Waals surface area contributed by atoms with E-state index in [4.69, 9.17) is 37.7 Å². The van der Waals surface area contributed by atoms with Crippen molar-refractivity contribution in [2.24, 2.45) is 4.99 Å². The Morgan fingerprint density at radius 1 is 0.955 bits per heavy atom. The number of rotatable bonds is 7. The van der Waals surface area contributed by atoms with Gasteiger partial charge >= 0.3 is 6.03 Å². The third-order valence-electron chi connectivity index (χ3n) is 7.95. The fraction of sp³-hybridized carbons (Fsp3) is 0.375. The first-order valence-corrected chi connectivity index (χ1v) is 16.9. The van der Waals surface area contributed by atoms with Gasteiger partial charge in [-0.3, -0.25) is 9.89 Å². The molecule has 0 N–H and O–H groups in total. The van der Waals surface area contributed by atoms with Crippen molar-refractivity contribution in [3.05, 3.63) is 93.5 Å². The zero-order chi connectivity index (χ0) is 31.8. The van der Waals surface area contributed by atoms with Crippen LogP contribution in [0.4, 0.5) is 4.79 Å². The van der Waals surface area contributed by atoms with E-state index in [2.05, 4.69) is 0 Å². The Kier molecular flexibility index (Phi) is 9.18. The number of piperazine rings is 1. The Balaban J connectivity index is 1.70. The summed E-state index contributed by atoms with van der Waals surface area (Å²) < 4.78 is 37.6. The summed E-state index contributed by atoms with van der Waals surface area (Å²) in [6, 6.07) is 19.4. The molecule has 0 radical (unpaired) electrons. The highest BCUT2D eigenvalue weighted by Crippen LogP contribution is 2.50. The Morgan fingerprint density at radius 2 is 1.55 bits per heavy atom. The van der Waals surface area contributed by atoms with Gasteiger partial charge in [-0.05, 0) is 68.3 Å². The number of hydrogen-bond donors (Lipinski definition) is 0. The molecule has 2 amide bonds. The molecule has 0 spiro atoms. The number of amidine groups is 1. The van der Waals surface area contributed by atoms with Crippen molar-refractivity contribution in [1.29, 1.82) is 0 Å². The standard InChI is InChI=1S/C32H36Cl2N4O5S/c1-21(2)43-28-20-26(42-4)14-15-27(28)30-35-32(3,23-8-12-25(34)13-9-23)29(22-6-10-24(33)11-7-22)38(30)31(39)36-16-18-37(19-17-36)44(5,40)41/h6-15,20-21,29H,16-19H2,1-5H3/t29-,32+/m1/s1. The number of carbonyl (C=O) groups is 1. The van der Waals surface area contributed by atoms with E-state index in [1.165, 1.54) is 10.6 Å². The fourth-order valence-electron chi connectivity index (χ4n) is 5.76. The van der Waals surface area contributed by atoms with Gasteiger partial charge in [-0.1, -0.05) is 47.5 Å². The maximum atomic E-state index is 14.7. The number of methoxy groups -OCH3 is 1. The fourth-order valence-corrected chi connectivity index (χ4v) is 6.84. The first-order valence-electron chi connectivity index (χ1n) is 14.3. The number of ether oxygens (including phenoxy) is 2. The number of nitrogens with zero attached hydrogens (tertiary/aromatic N) is 4. The number of amides is 2. The lowest BCUT2D eigenvalue weighted by Crippen LogP contribution is -2.55. The summed E-state index contributed by atoms with van der Waals surface area (Å²) in [5.74, 6) is 1.55. The molecule has 0 unspecified atom stereocenters. The summed E-state index contributed by atoms with van der Waals surface area (Å²) in [5.41, 5.74) is 1.36. The molecule has 9 nitrogen and oxygen atoms in total. The van der Waals surface area contributed by atoms with Crippen LogP contribution in [0.2, 0.25) is 10.0 Å². The SMILES string of the molecule is COc1ccc(C2=N[C@@](C)(c3ccc(Cl)cc3)[C@@H](c3ccc(Cl)cc3)N2C(=O)N2CCN(S(C)(=O)=O)CC2)c(OC(C)C)c1. The smallest absolute Gasteiger partial charge is 0.326 e. The van der Waals surface area contributed by atoms with Gasteiger partial charge in [0.25, 0.3) is 0 Å². The van der Waals surface area contributed by atoms with E-state index >= 15 is 0 Å². The van der Waals surface area contributed by atoms with Crippen molar-refractivity contribution in [3.8, 4) is 11.5 Å². The average Bonchev–Trinajstić information content (AvgIpc) is 3.30. The molecule has 0 bridgehead atoms. The Morgan fingerprint density at radius 3 is 2.09 bits per heavy atom. The van der Waals surface area contributed by atoms with Crippen LogP contribution in [-0.2, 0) is 15.6 Å². The molecule has 234 valence electrons. The third-order valence-corrected chi connectivity index (χ3v) is 9.76. The highest BCUT2D eigenvalue weighted by atomic mass is 35.5. The van der Waals surface area contributed by atoms with Crippen molar-refractivity contribution in [3.63, 3.8) is 0 Å². The lowest BCUT2D eigenvalue weighted by molar-refractivity contribution is 0.136. The lowest BCUT2D eigenvalue weighted by atomic mass is 9.81. The molecule has 2 aliphatic heterocycles. The molecule has 5 rings (SSSR count). The molecular formula is C32H36Cl2N4O5S. The van der Waals surface area contributed by atoms with Gasteiger partial charge in [0.1, 0.15) is 22.9 Å². The van der Waals surface area contributed by atoms with Crippen LogP contribution in [0, 0.1) is 0 Å². The van der Waals surface area contributed by atoms with Crippen LogP contribution < -0.4 is 9.47 Å². The molecule has 0 aliphatic carbocycles.